The predicted molar refractivity (Wildman–Crippen MR) is 120 cm³/mol. The van der Waals surface area contributed by atoms with E-state index in [0.29, 0.717) is 11.3 Å². The van der Waals surface area contributed by atoms with E-state index in [0.717, 1.165) is 6.07 Å². The molecule has 33 heavy (non-hydrogen) atoms. The van der Waals surface area contributed by atoms with E-state index in [1.54, 1.807) is 17.0 Å². The number of sulfonamides is 1. The molecule has 0 aliphatic carbocycles. The van der Waals surface area contributed by atoms with Gasteiger partial charge in [0.25, 0.3) is 11.6 Å². The van der Waals surface area contributed by atoms with Crippen LogP contribution in [0.4, 0.5) is 5.69 Å². The number of methoxy groups -OCH3 is 1. The third-order valence-corrected chi connectivity index (χ3v) is 6.56. The molecular formula is C20H20N4O7S2. The summed E-state index contributed by atoms with van der Waals surface area (Å²) in [5, 5.41) is 16.0. The van der Waals surface area contributed by atoms with Crippen LogP contribution in [-0.2, 0) is 23.2 Å². The SMILES string of the molecule is CNS(=O)(=O)c1cccc(CNC(=O)c2cc(OC)c(OCc3cscn3)cc2[N+](=O)[O-])c1. The Bertz CT molecular complexity index is 1260. The summed E-state index contributed by atoms with van der Waals surface area (Å²) in [5.41, 5.74) is 2.09. The highest BCUT2D eigenvalue weighted by atomic mass is 32.2. The third-order valence-electron chi connectivity index (χ3n) is 4.51. The fourth-order valence-electron chi connectivity index (χ4n) is 2.83. The monoisotopic (exact) mass is 492 g/mol. The van der Waals surface area contributed by atoms with Crippen molar-refractivity contribution in [1.82, 2.24) is 15.0 Å². The van der Waals surface area contributed by atoms with Crippen molar-refractivity contribution in [3.8, 4) is 11.5 Å². The third kappa shape index (κ3) is 5.83. The highest BCUT2D eigenvalue weighted by Crippen LogP contribution is 2.35. The quantitative estimate of drug-likeness (QED) is 0.324. The first-order valence-electron chi connectivity index (χ1n) is 9.42. The minimum atomic E-state index is -3.65. The number of nitro groups is 1. The first kappa shape index (κ1) is 24.1. The average molecular weight is 493 g/mol. The van der Waals surface area contributed by atoms with E-state index in [9.17, 15) is 23.3 Å². The van der Waals surface area contributed by atoms with Crippen molar-refractivity contribution in [1.29, 1.82) is 0 Å². The molecule has 0 saturated heterocycles. The molecule has 1 amide bonds. The normalized spacial score (nSPS) is 11.1. The molecule has 0 bridgehead atoms. The number of carbonyl (C=O) groups is 1. The van der Waals surface area contributed by atoms with Gasteiger partial charge in [0.05, 0.1) is 34.2 Å². The van der Waals surface area contributed by atoms with E-state index >= 15 is 0 Å². The molecule has 0 fully saturated rings. The minimum absolute atomic E-state index is 0.0333. The molecule has 0 unspecified atom stereocenters. The Morgan fingerprint density at radius 1 is 1.24 bits per heavy atom. The Morgan fingerprint density at radius 2 is 2.03 bits per heavy atom. The molecule has 0 spiro atoms. The van der Waals surface area contributed by atoms with Crippen LogP contribution < -0.4 is 19.5 Å². The maximum Gasteiger partial charge on any atom is 0.286 e. The summed E-state index contributed by atoms with van der Waals surface area (Å²) < 4.78 is 37.0. The summed E-state index contributed by atoms with van der Waals surface area (Å²) in [6.45, 7) is 0.0296. The number of benzene rings is 2. The van der Waals surface area contributed by atoms with Crippen LogP contribution in [0, 0.1) is 10.1 Å². The predicted octanol–water partition coefficient (Wildman–Crippen LogP) is 2.48. The van der Waals surface area contributed by atoms with Crippen molar-refractivity contribution in [3.05, 3.63) is 74.2 Å². The average Bonchev–Trinajstić information content (AvgIpc) is 3.34. The smallest absolute Gasteiger partial charge is 0.286 e. The molecule has 0 radical (unpaired) electrons. The molecule has 1 aromatic heterocycles. The van der Waals surface area contributed by atoms with Gasteiger partial charge >= 0.3 is 0 Å². The Kier molecular flexibility index (Phi) is 7.58. The Balaban J connectivity index is 1.82. The van der Waals surface area contributed by atoms with Gasteiger partial charge < -0.3 is 14.8 Å². The molecule has 3 aromatic rings. The van der Waals surface area contributed by atoms with Crippen LogP contribution in [0.5, 0.6) is 11.5 Å². The molecular weight excluding hydrogens is 472 g/mol. The molecule has 0 aliphatic heterocycles. The van der Waals surface area contributed by atoms with Crippen molar-refractivity contribution in [2.75, 3.05) is 14.2 Å². The summed E-state index contributed by atoms with van der Waals surface area (Å²) in [6, 6.07) is 8.32. The second-order valence-corrected chi connectivity index (χ2v) is 9.19. The van der Waals surface area contributed by atoms with Crippen molar-refractivity contribution in [3.63, 3.8) is 0 Å². The standard InChI is InChI=1S/C20H20N4O7S2/c1-21-33(28,29)15-5-3-4-13(6-15)9-22-20(25)16-7-18(30-2)19(8-17(16)24(26)27)31-10-14-11-32-12-23-14/h3-8,11-12,21H,9-10H2,1-2H3,(H,22,25). The lowest BCUT2D eigenvalue weighted by atomic mass is 10.1. The molecule has 0 aliphatic rings. The second kappa shape index (κ2) is 10.4. The lowest BCUT2D eigenvalue weighted by Crippen LogP contribution is -2.24. The summed E-state index contributed by atoms with van der Waals surface area (Å²) >= 11 is 1.39. The molecule has 0 saturated carbocycles. The minimum Gasteiger partial charge on any atom is -0.493 e. The van der Waals surface area contributed by atoms with Gasteiger partial charge in [-0.15, -0.1) is 11.3 Å². The van der Waals surface area contributed by atoms with Crippen molar-refractivity contribution in [2.45, 2.75) is 18.0 Å². The lowest BCUT2D eigenvalue weighted by molar-refractivity contribution is -0.385. The fraction of sp³-hybridized carbons (Fsp3) is 0.200. The maximum atomic E-state index is 12.8. The van der Waals surface area contributed by atoms with Crippen molar-refractivity contribution < 1.29 is 27.6 Å². The zero-order valence-corrected chi connectivity index (χ0v) is 19.2. The Morgan fingerprint density at radius 3 is 2.67 bits per heavy atom. The summed E-state index contributed by atoms with van der Waals surface area (Å²) in [5.74, 6) is -0.491. The van der Waals surface area contributed by atoms with Crippen LogP contribution in [-0.4, -0.2) is 38.4 Å². The molecule has 2 aromatic carbocycles. The topological polar surface area (TPSA) is 150 Å². The zero-order valence-electron chi connectivity index (χ0n) is 17.6. The second-order valence-electron chi connectivity index (χ2n) is 6.58. The van der Waals surface area contributed by atoms with Crippen LogP contribution in [0.15, 0.2) is 52.2 Å². The van der Waals surface area contributed by atoms with Crippen LogP contribution in [0.2, 0.25) is 0 Å². The first-order valence-corrected chi connectivity index (χ1v) is 11.8. The molecule has 3 rings (SSSR count). The van der Waals surface area contributed by atoms with Gasteiger partial charge in [-0.3, -0.25) is 14.9 Å². The zero-order chi connectivity index (χ0) is 24.0. The van der Waals surface area contributed by atoms with Crippen molar-refractivity contribution >= 4 is 33.0 Å². The number of amides is 1. The summed E-state index contributed by atoms with van der Waals surface area (Å²) in [6.07, 6.45) is 0. The molecule has 2 N–H and O–H groups in total. The number of nitrogens with zero attached hydrogens (tertiary/aromatic N) is 2. The van der Waals surface area contributed by atoms with Gasteiger partial charge in [0.1, 0.15) is 12.2 Å². The number of ether oxygens (including phenoxy) is 2. The lowest BCUT2D eigenvalue weighted by Gasteiger charge is -2.13. The van der Waals surface area contributed by atoms with Gasteiger partial charge in [0.2, 0.25) is 10.0 Å². The number of rotatable bonds is 10. The molecule has 174 valence electrons. The van der Waals surface area contributed by atoms with E-state index in [4.69, 9.17) is 9.47 Å². The van der Waals surface area contributed by atoms with Gasteiger partial charge in [-0.25, -0.2) is 18.1 Å². The van der Waals surface area contributed by atoms with E-state index in [1.165, 1.54) is 49.8 Å². The summed E-state index contributed by atoms with van der Waals surface area (Å²) in [7, 11) is -1.01. The molecule has 0 atom stereocenters. The maximum absolute atomic E-state index is 12.8. The Hall–Kier alpha value is -3.55. The van der Waals surface area contributed by atoms with Gasteiger partial charge in [0, 0.05) is 18.0 Å². The van der Waals surface area contributed by atoms with Crippen LogP contribution in [0.1, 0.15) is 21.6 Å². The highest BCUT2D eigenvalue weighted by molar-refractivity contribution is 7.89. The highest BCUT2D eigenvalue weighted by Gasteiger charge is 2.25. The van der Waals surface area contributed by atoms with E-state index in [-0.39, 0.29) is 35.1 Å². The Labute approximate surface area is 193 Å². The number of aromatic nitrogens is 1. The number of thiazole rings is 1. The van der Waals surface area contributed by atoms with Crippen LogP contribution >= 0.6 is 11.3 Å². The van der Waals surface area contributed by atoms with E-state index < -0.39 is 26.5 Å². The van der Waals surface area contributed by atoms with Gasteiger partial charge in [-0.05, 0) is 24.7 Å². The number of carbonyl (C=O) groups excluding carboxylic acids is 1. The van der Waals surface area contributed by atoms with Crippen LogP contribution in [0.25, 0.3) is 0 Å². The first-order chi connectivity index (χ1) is 15.7. The fourth-order valence-corrected chi connectivity index (χ4v) is 4.18. The van der Waals surface area contributed by atoms with Gasteiger partial charge in [-0.2, -0.15) is 0 Å². The number of hydrogen-bond acceptors (Lipinski definition) is 9. The summed E-state index contributed by atoms with van der Waals surface area (Å²) in [4.78, 5) is 27.8. The molecule has 1 heterocycles. The van der Waals surface area contributed by atoms with Crippen LogP contribution in [0.3, 0.4) is 0 Å². The van der Waals surface area contributed by atoms with Crippen molar-refractivity contribution in [2.24, 2.45) is 0 Å². The number of nitro benzene ring substituents is 1. The van der Waals surface area contributed by atoms with Gasteiger partial charge in [-0.1, -0.05) is 12.1 Å². The molecule has 13 heteroatoms. The molecule has 11 nitrogen and oxygen atoms in total. The number of hydrogen-bond donors (Lipinski definition) is 2. The number of nitrogens with one attached hydrogen (secondary N) is 2. The largest absolute Gasteiger partial charge is 0.493 e. The van der Waals surface area contributed by atoms with E-state index in [2.05, 4.69) is 15.0 Å². The van der Waals surface area contributed by atoms with Gasteiger partial charge in [0.15, 0.2) is 11.5 Å². The van der Waals surface area contributed by atoms with E-state index in [1.807, 2.05) is 0 Å².